The third-order valence-corrected chi connectivity index (χ3v) is 9.36. The van der Waals surface area contributed by atoms with E-state index in [0.717, 1.165) is 0 Å². The third-order valence-electron chi connectivity index (χ3n) is 6.71. The standard InChI is InChI=1S/C24BCl8F12.Li/c26-5-13(34)1(14(35)6(27)21(5)42)25(2-15(36)7(28)22(43)8(29)16(2)37,3-17(38)9(30)23(44)10(31)18(3)39)4-19(40)11(32)24(45)12(33)20(4)41;/q-1;+1. The zero-order chi connectivity index (χ0) is 34.4. The molecule has 0 aliphatic rings. The van der Waals surface area contributed by atoms with Crippen LogP contribution in [-0.2, 0) is 0 Å². The molecule has 0 fully saturated rings. The predicted octanol–water partition coefficient (Wildman–Crippen LogP) is 6.96. The van der Waals surface area contributed by atoms with E-state index in [9.17, 15) is 17.6 Å². The van der Waals surface area contributed by atoms with E-state index in [4.69, 9.17) is 92.8 Å². The first kappa shape index (κ1) is 39.5. The molecule has 4 aromatic carbocycles. The number of hydrogen-bond acceptors (Lipinski definition) is 0. The largest absolute Gasteiger partial charge is 1.00 e. The van der Waals surface area contributed by atoms with Crippen molar-refractivity contribution in [3.63, 3.8) is 0 Å². The molecular weight excluding hydrogens is 818 g/mol. The molecule has 0 radical (unpaired) electrons. The van der Waals surface area contributed by atoms with E-state index in [-0.39, 0.29) is 18.9 Å². The van der Waals surface area contributed by atoms with Crippen molar-refractivity contribution in [1.82, 2.24) is 0 Å². The predicted molar refractivity (Wildman–Crippen MR) is 150 cm³/mol. The van der Waals surface area contributed by atoms with Crippen molar-refractivity contribution < 1.29 is 71.5 Å². The smallest absolute Gasteiger partial charge is 0.209 e. The zero-order valence-electron chi connectivity index (χ0n) is 21.1. The Morgan fingerprint density at radius 3 is 0.457 bits per heavy atom. The molecule has 0 N–H and O–H groups in total. The van der Waals surface area contributed by atoms with Gasteiger partial charge in [0.2, 0.25) is 0 Å². The maximum absolute atomic E-state index is 16.1. The summed E-state index contributed by atoms with van der Waals surface area (Å²) < 4.78 is 187. The van der Waals surface area contributed by atoms with Crippen LogP contribution in [-0.4, -0.2) is 6.15 Å². The fourth-order valence-corrected chi connectivity index (χ4v) is 6.64. The Hall–Kier alpha value is -0.978. The van der Waals surface area contributed by atoms with Crippen molar-refractivity contribution in [2.75, 3.05) is 0 Å². The van der Waals surface area contributed by atoms with Gasteiger partial charge in [-0.1, -0.05) is 92.8 Å². The molecule has 0 atom stereocenters. The fourth-order valence-electron chi connectivity index (χ4n) is 4.87. The van der Waals surface area contributed by atoms with Crippen molar-refractivity contribution >= 4 is 121 Å². The molecular formula is C24BCl8F12Li. The average molecular weight is 818 g/mol. The van der Waals surface area contributed by atoms with E-state index in [0.29, 0.717) is 0 Å². The normalized spacial score (nSPS) is 11.7. The Morgan fingerprint density at radius 1 is 0.239 bits per heavy atom. The average Bonchev–Trinajstić information content (AvgIpc) is 3.00. The minimum atomic E-state index is -5.97. The van der Waals surface area contributed by atoms with Crippen molar-refractivity contribution in [3.8, 4) is 0 Å². The molecule has 0 heterocycles. The first-order chi connectivity index (χ1) is 20.7. The molecule has 240 valence electrons. The zero-order valence-corrected chi connectivity index (χ0v) is 27.2. The summed E-state index contributed by atoms with van der Waals surface area (Å²) in [5.74, 6) is -30.0. The van der Waals surface area contributed by atoms with E-state index in [1.54, 1.807) is 0 Å². The molecule has 0 amide bonds. The second-order valence-electron chi connectivity index (χ2n) is 8.80. The Labute approximate surface area is 300 Å². The van der Waals surface area contributed by atoms with Crippen LogP contribution >= 0.6 is 92.8 Å². The maximum atomic E-state index is 16.1. The Kier molecular flexibility index (Phi) is 11.8. The molecule has 0 spiro atoms. The van der Waals surface area contributed by atoms with Crippen LogP contribution in [0.2, 0.25) is 40.2 Å². The van der Waals surface area contributed by atoms with E-state index < -0.39 is 138 Å². The second-order valence-corrected chi connectivity index (χ2v) is 11.8. The summed E-state index contributed by atoms with van der Waals surface area (Å²) in [6.45, 7) is 0. The molecule has 0 nitrogen and oxygen atoms in total. The van der Waals surface area contributed by atoms with Crippen LogP contribution < -0.4 is 40.7 Å². The van der Waals surface area contributed by atoms with E-state index >= 15 is 35.1 Å². The summed E-state index contributed by atoms with van der Waals surface area (Å²) in [6, 6.07) is 0. The van der Waals surface area contributed by atoms with Crippen LogP contribution in [0.5, 0.6) is 0 Å². The summed E-state index contributed by atoms with van der Waals surface area (Å²) in [5.41, 5.74) is -9.79. The van der Waals surface area contributed by atoms with Crippen LogP contribution in [0.4, 0.5) is 52.7 Å². The molecule has 0 aromatic heterocycles. The summed E-state index contributed by atoms with van der Waals surface area (Å²) in [4.78, 5) is 0. The van der Waals surface area contributed by atoms with Crippen LogP contribution in [0.15, 0.2) is 0 Å². The molecule has 4 aromatic rings. The van der Waals surface area contributed by atoms with Gasteiger partial charge in [-0.15, -0.1) is 21.9 Å². The van der Waals surface area contributed by atoms with Crippen molar-refractivity contribution in [2.45, 2.75) is 0 Å². The fraction of sp³-hybridized carbons (Fsp3) is 0. The van der Waals surface area contributed by atoms with Gasteiger partial charge in [-0.2, -0.15) is 0 Å². The van der Waals surface area contributed by atoms with E-state index in [1.165, 1.54) is 0 Å². The van der Waals surface area contributed by atoms with E-state index in [1.807, 2.05) is 0 Å². The van der Waals surface area contributed by atoms with Gasteiger partial charge in [-0.05, 0) is 0 Å². The van der Waals surface area contributed by atoms with E-state index in [2.05, 4.69) is 0 Å². The van der Waals surface area contributed by atoms with Crippen LogP contribution in [0.3, 0.4) is 0 Å². The summed E-state index contributed by atoms with van der Waals surface area (Å²) in [5, 5.41) is -15.6. The van der Waals surface area contributed by atoms with Gasteiger partial charge >= 0.3 is 18.9 Å². The molecule has 4 rings (SSSR count). The molecule has 46 heavy (non-hydrogen) atoms. The van der Waals surface area contributed by atoms with Gasteiger partial charge < -0.3 is 0 Å². The van der Waals surface area contributed by atoms with Crippen molar-refractivity contribution in [2.24, 2.45) is 0 Å². The number of benzene rings is 4. The number of hydrogen-bond donors (Lipinski definition) is 0. The van der Waals surface area contributed by atoms with Gasteiger partial charge in [0.15, 0.2) is 23.3 Å². The first-order valence-electron chi connectivity index (χ1n) is 10.9. The Balaban J connectivity index is 0.00000576. The molecule has 0 saturated heterocycles. The second kappa shape index (κ2) is 13.7. The van der Waals surface area contributed by atoms with Crippen molar-refractivity contribution in [3.05, 3.63) is 110 Å². The monoisotopic (exact) mass is 814 g/mol. The van der Waals surface area contributed by atoms with Crippen LogP contribution in [0.1, 0.15) is 0 Å². The van der Waals surface area contributed by atoms with Gasteiger partial charge in [0, 0.05) is 0 Å². The molecule has 0 unspecified atom stereocenters. The third kappa shape index (κ3) is 5.36. The minimum Gasteiger partial charge on any atom is -0.209 e. The molecule has 0 aliphatic heterocycles. The summed E-state index contributed by atoms with van der Waals surface area (Å²) in [7, 11) is 0. The topological polar surface area (TPSA) is 0 Å². The maximum Gasteiger partial charge on any atom is 1.00 e. The van der Waals surface area contributed by atoms with Crippen LogP contribution in [0.25, 0.3) is 0 Å². The Morgan fingerprint density at radius 2 is 0.348 bits per heavy atom. The van der Waals surface area contributed by atoms with Gasteiger partial charge in [0.25, 0.3) is 0 Å². The number of rotatable bonds is 4. The van der Waals surface area contributed by atoms with Crippen LogP contribution in [0, 0.1) is 69.8 Å². The van der Waals surface area contributed by atoms with Gasteiger partial charge in [-0.3, -0.25) is 0 Å². The SMILES string of the molecule is Fc1c(Cl)c(F)c([B-](c2c(F)c(Cl)c(F)c(Cl)c2F)(c2c(F)c(Cl)c(F)c(Cl)c2F)c2c(F)c(Cl)c(F)c(Cl)c2F)c(F)c1Cl.[Li+]. The summed E-state index contributed by atoms with van der Waals surface area (Å²) in [6.07, 6.45) is -5.97. The quantitative estimate of drug-likeness (QED) is 0.0905. The number of halogens is 20. The minimum absolute atomic E-state index is 0. The molecule has 0 aliphatic carbocycles. The molecule has 0 bridgehead atoms. The molecule has 0 saturated carbocycles. The first-order valence-corrected chi connectivity index (χ1v) is 14.0. The van der Waals surface area contributed by atoms with Crippen molar-refractivity contribution in [1.29, 1.82) is 0 Å². The van der Waals surface area contributed by atoms with Gasteiger partial charge in [-0.25, -0.2) is 52.7 Å². The molecule has 22 heteroatoms. The Bertz CT molecular complexity index is 1600. The summed E-state index contributed by atoms with van der Waals surface area (Å²) >= 11 is 44.3. The van der Waals surface area contributed by atoms with Gasteiger partial charge in [0.05, 0.1) is 0 Å². The van der Waals surface area contributed by atoms with Gasteiger partial charge in [0.1, 0.15) is 92.9 Å².